The molecule has 22 heavy (non-hydrogen) atoms. The number of nitrogens with one attached hydrogen (secondary N) is 1. The van der Waals surface area contributed by atoms with Crippen molar-refractivity contribution in [1.29, 1.82) is 0 Å². The second kappa shape index (κ2) is 10.4. The van der Waals surface area contributed by atoms with Crippen molar-refractivity contribution in [3.8, 4) is 0 Å². The summed E-state index contributed by atoms with van der Waals surface area (Å²) in [7, 11) is 0. The summed E-state index contributed by atoms with van der Waals surface area (Å²) in [6.45, 7) is 6.22. The molecular weight excluding hydrogens is 278 g/mol. The minimum Gasteiger partial charge on any atom is -0.465 e. The lowest BCUT2D eigenvalue weighted by atomic mass is 10.2. The molecule has 118 valence electrons. The van der Waals surface area contributed by atoms with Gasteiger partial charge in [-0.3, -0.25) is 9.59 Å². The van der Waals surface area contributed by atoms with Crippen LogP contribution in [0.5, 0.6) is 0 Å². The number of carbonyl (C=O) groups is 2. The van der Waals surface area contributed by atoms with E-state index in [9.17, 15) is 9.59 Å². The third-order valence-electron chi connectivity index (χ3n) is 3.07. The molecule has 0 saturated heterocycles. The van der Waals surface area contributed by atoms with E-state index in [0.717, 1.165) is 18.4 Å². The Labute approximate surface area is 131 Å². The normalized spacial score (nSPS) is 11.9. The van der Waals surface area contributed by atoms with Crippen molar-refractivity contribution in [2.75, 3.05) is 13.2 Å². The van der Waals surface area contributed by atoms with Crippen LogP contribution in [-0.4, -0.2) is 25.0 Å². The van der Waals surface area contributed by atoms with Crippen molar-refractivity contribution in [3.05, 3.63) is 54.6 Å². The van der Waals surface area contributed by atoms with E-state index in [1.807, 2.05) is 30.3 Å². The van der Waals surface area contributed by atoms with E-state index in [-0.39, 0.29) is 17.8 Å². The van der Waals surface area contributed by atoms with Gasteiger partial charge >= 0.3 is 5.97 Å². The van der Waals surface area contributed by atoms with E-state index in [2.05, 4.69) is 11.9 Å². The molecule has 1 unspecified atom stereocenters. The molecule has 0 saturated carbocycles. The van der Waals surface area contributed by atoms with Crippen molar-refractivity contribution >= 4 is 18.0 Å². The molecular formula is C18H23NO3. The highest BCUT2D eigenvalue weighted by atomic mass is 16.5. The van der Waals surface area contributed by atoms with Gasteiger partial charge in [-0.2, -0.15) is 0 Å². The molecule has 0 radical (unpaired) electrons. The monoisotopic (exact) mass is 301 g/mol. The predicted molar refractivity (Wildman–Crippen MR) is 88.0 cm³/mol. The Morgan fingerprint density at radius 2 is 2.00 bits per heavy atom. The van der Waals surface area contributed by atoms with Crippen LogP contribution in [-0.2, 0) is 14.3 Å². The number of carbonyl (C=O) groups excluding carboxylic acids is 2. The third kappa shape index (κ3) is 7.43. The Bertz CT molecular complexity index is 508. The van der Waals surface area contributed by atoms with Gasteiger partial charge < -0.3 is 10.1 Å². The van der Waals surface area contributed by atoms with Crippen molar-refractivity contribution in [3.63, 3.8) is 0 Å². The fraction of sp³-hybridized carbons (Fsp3) is 0.333. The van der Waals surface area contributed by atoms with Gasteiger partial charge in [0.2, 0.25) is 5.91 Å². The fourth-order valence-electron chi connectivity index (χ4n) is 1.63. The molecule has 1 aromatic rings. The fourth-order valence-corrected chi connectivity index (χ4v) is 1.63. The van der Waals surface area contributed by atoms with Crippen LogP contribution in [0.25, 0.3) is 6.08 Å². The van der Waals surface area contributed by atoms with Gasteiger partial charge in [0, 0.05) is 12.6 Å². The number of unbranched alkanes of at least 4 members (excludes halogenated alkanes) is 1. The van der Waals surface area contributed by atoms with E-state index in [4.69, 9.17) is 4.74 Å². The van der Waals surface area contributed by atoms with E-state index >= 15 is 0 Å². The summed E-state index contributed by atoms with van der Waals surface area (Å²) in [4.78, 5) is 23.0. The highest BCUT2D eigenvalue weighted by Crippen LogP contribution is 2.01. The number of amides is 1. The molecule has 0 bridgehead atoms. The number of esters is 1. The summed E-state index contributed by atoms with van der Waals surface area (Å²) < 4.78 is 5.07. The van der Waals surface area contributed by atoms with Crippen LogP contribution in [0.15, 0.2) is 49.1 Å². The summed E-state index contributed by atoms with van der Waals surface area (Å²) in [5, 5.41) is 2.79. The smallest absolute Gasteiger partial charge is 0.312 e. The maximum Gasteiger partial charge on any atom is 0.312 e. The maximum atomic E-state index is 11.6. The van der Waals surface area contributed by atoms with E-state index < -0.39 is 0 Å². The lowest BCUT2D eigenvalue weighted by Gasteiger charge is -2.07. The van der Waals surface area contributed by atoms with Gasteiger partial charge in [-0.25, -0.2) is 0 Å². The van der Waals surface area contributed by atoms with Crippen LogP contribution >= 0.6 is 0 Å². The molecule has 0 aliphatic rings. The second-order valence-corrected chi connectivity index (χ2v) is 4.93. The van der Waals surface area contributed by atoms with Crippen molar-refractivity contribution in [2.24, 2.45) is 5.92 Å². The molecule has 1 rings (SSSR count). The summed E-state index contributed by atoms with van der Waals surface area (Å²) >= 11 is 0. The Morgan fingerprint density at radius 3 is 2.68 bits per heavy atom. The topological polar surface area (TPSA) is 55.4 Å². The molecule has 1 aromatic carbocycles. The van der Waals surface area contributed by atoms with E-state index in [0.29, 0.717) is 13.2 Å². The van der Waals surface area contributed by atoms with Crippen LogP contribution in [0.1, 0.15) is 25.3 Å². The molecule has 0 fully saturated rings. The SMILES string of the molecule is C=CC(C)C(=O)OCCCCNC(=O)C=Cc1ccccc1. The van der Waals surface area contributed by atoms with Crippen molar-refractivity contribution < 1.29 is 14.3 Å². The molecule has 1 N–H and O–H groups in total. The zero-order valence-corrected chi connectivity index (χ0v) is 13.0. The highest BCUT2D eigenvalue weighted by molar-refractivity contribution is 5.91. The van der Waals surface area contributed by atoms with Gasteiger partial charge in [0.15, 0.2) is 0 Å². The quantitative estimate of drug-likeness (QED) is 0.330. The van der Waals surface area contributed by atoms with E-state index in [1.54, 1.807) is 19.1 Å². The first-order chi connectivity index (χ1) is 10.6. The summed E-state index contributed by atoms with van der Waals surface area (Å²) in [5.41, 5.74) is 0.987. The molecule has 0 aromatic heterocycles. The van der Waals surface area contributed by atoms with Crippen molar-refractivity contribution in [1.82, 2.24) is 5.32 Å². The van der Waals surface area contributed by atoms with Crippen LogP contribution in [0.2, 0.25) is 0 Å². The molecule has 0 spiro atoms. The molecule has 4 heteroatoms. The molecule has 0 aliphatic carbocycles. The van der Waals surface area contributed by atoms with Crippen LogP contribution in [0, 0.1) is 5.92 Å². The zero-order chi connectivity index (χ0) is 16.2. The summed E-state index contributed by atoms with van der Waals surface area (Å²) in [6, 6.07) is 9.64. The number of hydrogen-bond acceptors (Lipinski definition) is 3. The molecule has 0 heterocycles. The highest BCUT2D eigenvalue weighted by Gasteiger charge is 2.09. The van der Waals surface area contributed by atoms with Crippen LogP contribution in [0.3, 0.4) is 0 Å². The third-order valence-corrected chi connectivity index (χ3v) is 3.07. The van der Waals surface area contributed by atoms with Gasteiger partial charge in [-0.05, 0) is 31.4 Å². The average molecular weight is 301 g/mol. The minimum absolute atomic E-state index is 0.124. The van der Waals surface area contributed by atoms with Gasteiger partial charge in [-0.15, -0.1) is 6.58 Å². The Balaban J connectivity index is 2.09. The second-order valence-electron chi connectivity index (χ2n) is 4.93. The number of ether oxygens (including phenoxy) is 1. The molecule has 1 amide bonds. The van der Waals surface area contributed by atoms with Gasteiger partial charge in [-0.1, -0.05) is 36.4 Å². The maximum absolute atomic E-state index is 11.6. The number of hydrogen-bond donors (Lipinski definition) is 1. The van der Waals surface area contributed by atoms with Gasteiger partial charge in [0.1, 0.15) is 0 Å². The molecule has 1 atom stereocenters. The lowest BCUT2D eigenvalue weighted by molar-refractivity contribution is -0.146. The predicted octanol–water partition coefficient (Wildman–Crippen LogP) is 2.96. The number of rotatable bonds is 9. The first kappa shape index (κ1) is 17.7. The zero-order valence-electron chi connectivity index (χ0n) is 13.0. The summed E-state index contributed by atoms with van der Waals surface area (Å²) in [6.07, 6.45) is 6.33. The first-order valence-corrected chi connectivity index (χ1v) is 7.43. The largest absolute Gasteiger partial charge is 0.465 e. The standard InChI is InChI=1S/C18H23NO3/c1-3-15(2)18(21)22-14-8-7-13-19-17(20)12-11-16-9-5-4-6-10-16/h3-6,9-12,15H,1,7-8,13-14H2,2H3,(H,19,20). The Kier molecular flexibility index (Phi) is 8.35. The van der Waals surface area contributed by atoms with Gasteiger partial charge in [0.05, 0.1) is 12.5 Å². The molecule has 4 nitrogen and oxygen atoms in total. The first-order valence-electron chi connectivity index (χ1n) is 7.43. The average Bonchev–Trinajstić information content (AvgIpc) is 2.56. The Hall–Kier alpha value is -2.36. The van der Waals surface area contributed by atoms with Crippen molar-refractivity contribution in [2.45, 2.75) is 19.8 Å². The molecule has 0 aliphatic heterocycles. The Morgan fingerprint density at radius 1 is 1.27 bits per heavy atom. The lowest BCUT2D eigenvalue weighted by Crippen LogP contribution is -2.22. The number of benzene rings is 1. The van der Waals surface area contributed by atoms with Crippen LogP contribution < -0.4 is 5.32 Å². The van der Waals surface area contributed by atoms with Gasteiger partial charge in [0.25, 0.3) is 0 Å². The van der Waals surface area contributed by atoms with Crippen LogP contribution in [0.4, 0.5) is 0 Å². The summed E-state index contributed by atoms with van der Waals surface area (Å²) in [5.74, 6) is -0.659. The minimum atomic E-state index is -0.275. The van der Waals surface area contributed by atoms with E-state index in [1.165, 1.54) is 6.08 Å².